The fourth-order valence-corrected chi connectivity index (χ4v) is 2.48. The van der Waals surface area contributed by atoms with Crippen LogP contribution in [0.1, 0.15) is 49.1 Å². The maximum atomic E-state index is 12.0. The van der Waals surface area contributed by atoms with Gasteiger partial charge in [-0.3, -0.25) is 14.3 Å². The summed E-state index contributed by atoms with van der Waals surface area (Å²) in [6, 6.07) is 2.05. The van der Waals surface area contributed by atoms with E-state index in [1.807, 2.05) is 10.9 Å². The highest BCUT2D eigenvalue weighted by atomic mass is 35.5. The van der Waals surface area contributed by atoms with Gasteiger partial charge in [0.15, 0.2) is 0 Å². The number of nitrogens with one attached hydrogen (secondary N) is 2. The summed E-state index contributed by atoms with van der Waals surface area (Å²) in [7, 11) is 0. The normalized spacial score (nSPS) is 17.2. The molecule has 2 N–H and O–H groups in total. The molecule has 7 nitrogen and oxygen atoms in total. The van der Waals surface area contributed by atoms with E-state index in [0.29, 0.717) is 37.7 Å². The Hall–Kier alpha value is -1.60. The van der Waals surface area contributed by atoms with E-state index in [1.54, 1.807) is 13.0 Å². The van der Waals surface area contributed by atoms with E-state index in [2.05, 4.69) is 15.7 Å². The number of carbonyl (C=O) groups excluding carboxylic acids is 2. The summed E-state index contributed by atoms with van der Waals surface area (Å²) in [6.07, 6.45) is 4.94. The quantitative estimate of drug-likeness (QED) is 0.575. The molecular formula is C15H25ClN4O3. The SMILES string of the molecule is CCOC(=O)CCCNC(=O)c1ccn(C2CCCNC2)n1.Cl. The maximum absolute atomic E-state index is 12.0. The standard InChI is InChI=1S/C15H24N4O3.ClH/c1-2-22-14(20)6-4-9-17-15(21)13-7-10-19(18-13)12-5-3-8-16-11-12;/h7,10,12,16H,2-6,8-9,11H2,1H3,(H,17,21);1H. The number of carbonyl (C=O) groups is 2. The number of aromatic nitrogens is 2. The van der Waals surface area contributed by atoms with Crippen LogP contribution < -0.4 is 10.6 Å². The summed E-state index contributed by atoms with van der Waals surface area (Å²) in [5, 5.41) is 10.5. The second kappa shape index (κ2) is 10.2. The number of rotatable bonds is 7. The molecule has 2 heterocycles. The van der Waals surface area contributed by atoms with Crippen LogP contribution in [-0.4, -0.2) is 47.9 Å². The van der Waals surface area contributed by atoms with Gasteiger partial charge in [0.05, 0.1) is 12.6 Å². The minimum atomic E-state index is -0.231. The Morgan fingerprint density at radius 3 is 3.04 bits per heavy atom. The molecular weight excluding hydrogens is 320 g/mol. The van der Waals surface area contributed by atoms with Crippen LogP contribution >= 0.6 is 12.4 Å². The predicted molar refractivity (Wildman–Crippen MR) is 88.8 cm³/mol. The average molecular weight is 345 g/mol. The first-order valence-corrected chi connectivity index (χ1v) is 7.90. The lowest BCUT2D eigenvalue weighted by Crippen LogP contribution is -2.32. The smallest absolute Gasteiger partial charge is 0.305 e. The third kappa shape index (κ3) is 6.19. The third-order valence-corrected chi connectivity index (χ3v) is 3.63. The summed E-state index contributed by atoms with van der Waals surface area (Å²) >= 11 is 0. The molecule has 1 fully saturated rings. The summed E-state index contributed by atoms with van der Waals surface area (Å²) < 4.78 is 6.69. The minimum Gasteiger partial charge on any atom is -0.466 e. The molecule has 1 amide bonds. The number of ether oxygens (including phenoxy) is 1. The molecule has 1 aromatic rings. The van der Waals surface area contributed by atoms with Crippen LogP contribution in [-0.2, 0) is 9.53 Å². The van der Waals surface area contributed by atoms with Crippen molar-refractivity contribution < 1.29 is 14.3 Å². The van der Waals surface area contributed by atoms with E-state index >= 15 is 0 Å². The van der Waals surface area contributed by atoms with Crippen LogP contribution in [0.25, 0.3) is 0 Å². The van der Waals surface area contributed by atoms with Crippen molar-refractivity contribution in [3.8, 4) is 0 Å². The molecule has 0 radical (unpaired) electrons. The van der Waals surface area contributed by atoms with Gasteiger partial charge in [0, 0.05) is 25.7 Å². The van der Waals surface area contributed by atoms with Gasteiger partial charge in [0.25, 0.3) is 5.91 Å². The number of piperidine rings is 1. The zero-order chi connectivity index (χ0) is 15.8. The summed E-state index contributed by atoms with van der Waals surface area (Å²) in [6.45, 7) is 4.54. The van der Waals surface area contributed by atoms with Crippen LogP contribution in [0.15, 0.2) is 12.3 Å². The van der Waals surface area contributed by atoms with Crippen molar-refractivity contribution in [2.24, 2.45) is 0 Å². The lowest BCUT2D eigenvalue weighted by atomic mass is 10.1. The molecule has 0 aliphatic carbocycles. The largest absolute Gasteiger partial charge is 0.466 e. The van der Waals surface area contributed by atoms with E-state index < -0.39 is 0 Å². The van der Waals surface area contributed by atoms with Crippen LogP contribution in [0.3, 0.4) is 0 Å². The van der Waals surface area contributed by atoms with Gasteiger partial charge in [-0.25, -0.2) is 0 Å². The fourth-order valence-electron chi connectivity index (χ4n) is 2.48. The summed E-state index contributed by atoms with van der Waals surface area (Å²) in [4.78, 5) is 23.2. The fraction of sp³-hybridized carbons (Fsp3) is 0.667. The lowest BCUT2D eigenvalue weighted by molar-refractivity contribution is -0.143. The van der Waals surface area contributed by atoms with Gasteiger partial charge in [-0.1, -0.05) is 0 Å². The van der Waals surface area contributed by atoms with Crippen molar-refractivity contribution in [3.63, 3.8) is 0 Å². The maximum Gasteiger partial charge on any atom is 0.305 e. The summed E-state index contributed by atoms with van der Waals surface area (Å²) in [5.74, 6) is -0.433. The van der Waals surface area contributed by atoms with E-state index in [4.69, 9.17) is 4.74 Å². The highest BCUT2D eigenvalue weighted by molar-refractivity contribution is 5.92. The lowest BCUT2D eigenvalue weighted by Gasteiger charge is -2.22. The molecule has 1 aliphatic heterocycles. The molecule has 130 valence electrons. The molecule has 1 unspecified atom stereocenters. The van der Waals surface area contributed by atoms with Crippen molar-refractivity contribution in [3.05, 3.63) is 18.0 Å². The Morgan fingerprint density at radius 1 is 1.52 bits per heavy atom. The van der Waals surface area contributed by atoms with Crippen molar-refractivity contribution >= 4 is 24.3 Å². The Morgan fingerprint density at radius 2 is 2.35 bits per heavy atom. The summed E-state index contributed by atoms with van der Waals surface area (Å²) in [5.41, 5.74) is 0.418. The molecule has 0 aromatic carbocycles. The molecule has 0 spiro atoms. The number of amides is 1. The molecule has 1 aromatic heterocycles. The van der Waals surface area contributed by atoms with Gasteiger partial charge in [-0.05, 0) is 38.8 Å². The van der Waals surface area contributed by atoms with Gasteiger partial charge >= 0.3 is 5.97 Å². The zero-order valence-corrected chi connectivity index (χ0v) is 14.2. The van der Waals surface area contributed by atoms with Crippen molar-refractivity contribution in [1.29, 1.82) is 0 Å². The molecule has 1 atom stereocenters. The number of halogens is 1. The highest BCUT2D eigenvalue weighted by Gasteiger charge is 2.17. The van der Waals surface area contributed by atoms with E-state index in [0.717, 1.165) is 25.9 Å². The van der Waals surface area contributed by atoms with E-state index in [-0.39, 0.29) is 24.3 Å². The van der Waals surface area contributed by atoms with Gasteiger partial charge < -0.3 is 15.4 Å². The Balaban J connectivity index is 0.00000264. The third-order valence-electron chi connectivity index (χ3n) is 3.63. The second-order valence-electron chi connectivity index (χ2n) is 5.35. The molecule has 2 rings (SSSR count). The first kappa shape index (κ1) is 19.4. The number of nitrogens with zero attached hydrogens (tertiary/aromatic N) is 2. The second-order valence-corrected chi connectivity index (χ2v) is 5.35. The topological polar surface area (TPSA) is 85.2 Å². The molecule has 1 aliphatic rings. The van der Waals surface area contributed by atoms with Gasteiger partial charge in [-0.15, -0.1) is 12.4 Å². The zero-order valence-electron chi connectivity index (χ0n) is 13.4. The number of hydrogen-bond acceptors (Lipinski definition) is 5. The highest BCUT2D eigenvalue weighted by Crippen LogP contribution is 2.15. The molecule has 0 saturated carbocycles. The number of esters is 1. The Labute approximate surface area is 142 Å². The Kier molecular flexibility index (Phi) is 8.65. The van der Waals surface area contributed by atoms with Crippen molar-refractivity contribution in [2.45, 2.75) is 38.6 Å². The van der Waals surface area contributed by atoms with Gasteiger partial charge in [-0.2, -0.15) is 5.10 Å². The van der Waals surface area contributed by atoms with Crippen LogP contribution in [0.2, 0.25) is 0 Å². The van der Waals surface area contributed by atoms with Crippen LogP contribution in [0, 0.1) is 0 Å². The van der Waals surface area contributed by atoms with Gasteiger partial charge in [0.1, 0.15) is 5.69 Å². The van der Waals surface area contributed by atoms with E-state index in [1.165, 1.54) is 0 Å². The first-order valence-electron chi connectivity index (χ1n) is 7.90. The van der Waals surface area contributed by atoms with Crippen LogP contribution in [0.4, 0.5) is 0 Å². The van der Waals surface area contributed by atoms with E-state index in [9.17, 15) is 9.59 Å². The monoisotopic (exact) mass is 344 g/mol. The molecule has 23 heavy (non-hydrogen) atoms. The average Bonchev–Trinajstić information content (AvgIpc) is 3.02. The van der Waals surface area contributed by atoms with Crippen molar-refractivity contribution in [1.82, 2.24) is 20.4 Å². The number of hydrogen-bond donors (Lipinski definition) is 2. The molecule has 1 saturated heterocycles. The minimum absolute atomic E-state index is 0. The molecule has 8 heteroatoms. The van der Waals surface area contributed by atoms with Crippen molar-refractivity contribution in [2.75, 3.05) is 26.2 Å². The first-order chi connectivity index (χ1) is 10.7. The Bertz CT molecular complexity index is 501. The van der Waals surface area contributed by atoms with Crippen LogP contribution in [0.5, 0.6) is 0 Å². The molecule has 0 bridgehead atoms. The van der Waals surface area contributed by atoms with Gasteiger partial charge in [0.2, 0.25) is 0 Å². The predicted octanol–water partition coefficient (Wildman–Crippen LogP) is 1.30.